The first-order chi connectivity index (χ1) is 6.34. The molecule has 1 atom stereocenters. The van der Waals surface area contributed by atoms with Crippen LogP contribution in [0, 0.1) is 0 Å². The zero-order chi connectivity index (χ0) is 11.2. The molecular formula is C8H13F3INO. The van der Waals surface area contributed by atoms with Gasteiger partial charge in [-0.05, 0) is 12.8 Å². The van der Waals surface area contributed by atoms with Crippen molar-refractivity contribution in [2.45, 2.75) is 42.3 Å². The highest BCUT2D eigenvalue weighted by molar-refractivity contribution is 14.1. The van der Waals surface area contributed by atoms with Crippen LogP contribution in [0.25, 0.3) is 0 Å². The molecule has 6 heteroatoms. The predicted octanol–water partition coefficient (Wildman–Crippen LogP) is 2.79. The van der Waals surface area contributed by atoms with E-state index in [4.69, 9.17) is 5.73 Å². The highest BCUT2D eigenvalue weighted by atomic mass is 127. The summed E-state index contributed by atoms with van der Waals surface area (Å²) in [5.74, 6) is -1.63. The van der Waals surface area contributed by atoms with Crippen molar-refractivity contribution < 1.29 is 18.0 Å². The lowest BCUT2D eigenvalue weighted by Crippen LogP contribution is -2.22. The van der Waals surface area contributed by atoms with Crippen molar-refractivity contribution in [1.29, 1.82) is 0 Å². The standard InChI is InChI=1S/C8H13F3INO/c9-8(10,11)6(14)4-2-1-3-5-7(12)13/h7H,1-5,13H2. The van der Waals surface area contributed by atoms with Gasteiger partial charge in [0.2, 0.25) is 5.78 Å². The third-order valence-corrected chi connectivity index (χ3v) is 2.32. The lowest BCUT2D eigenvalue weighted by atomic mass is 10.1. The zero-order valence-corrected chi connectivity index (χ0v) is 9.77. The number of unbranched alkanes of at least 4 members (excludes halogenated alkanes) is 2. The minimum Gasteiger partial charge on any atom is -0.320 e. The number of carbonyl (C=O) groups is 1. The van der Waals surface area contributed by atoms with E-state index in [1.807, 2.05) is 0 Å². The monoisotopic (exact) mass is 323 g/mol. The van der Waals surface area contributed by atoms with Crippen molar-refractivity contribution in [2.24, 2.45) is 5.73 Å². The third-order valence-electron chi connectivity index (χ3n) is 1.70. The van der Waals surface area contributed by atoms with E-state index in [1.165, 1.54) is 0 Å². The summed E-state index contributed by atoms with van der Waals surface area (Å²) in [4.78, 5) is 10.4. The molecule has 0 spiro atoms. The Balaban J connectivity index is 3.42. The van der Waals surface area contributed by atoms with Gasteiger partial charge in [-0.25, -0.2) is 0 Å². The van der Waals surface area contributed by atoms with Crippen LogP contribution in [-0.2, 0) is 4.79 Å². The van der Waals surface area contributed by atoms with E-state index in [0.29, 0.717) is 12.8 Å². The molecule has 0 bridgehead atoms. The average Bonchev–Trinajstić information content (AvgIpc) is 2.01. The number of hydrogen-bond donors (Lipinski definition) is 1. The number of rotatable bonds is 6. The van der Waals surface area contributed by atoms with Crippen LogP contribution in [0.3, 0.4) is 0 Å². The summed E-state index contributed by atoms with van der Waals surface area (Å²) in [7, 11) is 0. The summed E-state index contributed by atoms with van der Waals surface area (Å²) < 4.78 is 35.2. The first-order valence-corrected chi connectivity index (χ1v) is 5.58. The van der Waals surface area contributed by atoms with Crippen LogP contribution in [0.5, 0.6) is 0 Å². The number of halogens is 4. The largest absolute Gasteiger partial charge is 0.449 e. The molecule has 0 saturated heterocycles. The maximum absolute atomic E-state index is 11.7. The number of hydrogen-bond acceptors (Lipinski definition) is 2. The lowest BCUT2D eigenvalue weighted by Gasteiger charge is -2.05. The smallest absolute Gasteiger partial charge is 0.320 e. The molecule has 0 aliphatic carbocycles. The molecule has 0 saturated carbocycles. The Morgan fingerprint density at radius 2 is 1.86 bits per heavy atom. The summed E-state index contributed by atoms with van der Waals surface area (Å²) in [5, 5.41) is 0. The maximum Gasteiger partial charge on any atom is 0.449 e. The summed E-state index contributed by atoms with van der Waals surface area (Å²) in [6.07, 6.45) is -2.60. The van der Waals surface area contributed by atoms with E-state index in [-0.39, 0.29) is 4.05 Å². The molecule has 0 aliphatic heterocycles. The molecule has 0 fully saturated rings. The fraction of sp³-hybridized carbons (Fsp3) is 0.875. The Hall–Kier alpha value is 0.150. The summed E-state index contributed by atoms with van der Waals surface area (Å²) in [6.45, 7) is 0. The van der Waals surface area contributed by atoms with Crippen LogP contribution in [0.4, 0.5) is 13.2 Å². The van der Waals surface area contributed by atoms with Crippen molar-refractivity contribution in [3.63, 3.8) is 0 Å². The Morgan fingerprint density at radius 1 is 1.29 bits per heavy atom. The van der Waals surface area contributed by atoms with Gasteiger partial charge >= 0.3 is 6.18 Å². The fourth-order valence-corrected chi connectivity index (χ4v) is 1.38. The quantitative estimate of drug-likeness (QED) is 0.353. The molecule has 84 valence electrons. The molecule has 0 rings (SSSR count). The highest BCUT2D eigenvalue weighted by Gasteiger charge is 2.36. The Morgan fingerprint density at radius 3 is 2.29 bits per heavy atom. The van der Waals surface area contributed by atoms with Gasteiger partial charge in [0.15, 0.2) is 0 Å². The van der Waals surface area contributed by atoms with Crippen LogP contribution in [0.1, 0.15) is 32.1 Å². The second-order valence-electron chi connectivity index (χ2n) is 3.04. The van der Waals surface area contributed by atoms with Gasteiger partial charge in [0, 0.05) is 6.42 Å². The second kappa shape index (κ2) is 6.60. The summed E-state index contributed by atoms with van der Waals surface area (Å²) in [5.41, 5.74) is 5.44. The molecule has 0 aromatic heterocycles. The summed E-state index contributed by atoms with van der Waals surface area (Å²) in [6, 6.07) is 0. The van der Waals surface area contributed by atoms with Gasteiger partial charge in [0.25, 0.3) is 0 Å². The number of nitrogens with two attached hydrogens (primary N) is 1. The molecule has 2 N–H and O–H groups in total. The molecular weight excluding hydrogens is 310 g/mol. The van der Waals surface area contributed by atoms with Crippen molar-refractivity contribution in [3.8, 4) is 0 Å². The first kappa shape index (κ1) is 14.2. The van der Waals surface area contributed by atoms with Crippen LogP contribution in [0.2, 0.25) is 0 Å². The molecule has 1 unspecified atom stereocenters. The maximum atomic E-state index is 11.7. The normalized spacial score (nSPS) is 14.1. The molecule has 0 heterocycles. The van der Waals surface area contributed by atoms with Crippen LogP contribution < -0.4 is 5.73 Å². The molecule has 0 aromatic carbocycles. The number of carbonyl (C=O) groups excluding carboxylic acids is 1. The first-order valence-electron chi connectivity index (χ1n) is 4.33. The van der Waals surface area contributed by atoms with Gasteiger partial charge in [0.05, 0.1) is 4.05 Å². The molecule has 2 nitrogen and oxygen atoms in total. The van der Waals surface area contributed by atoms with Gasteiger partial charge in [-0.15, -0.1) is 0 Å². The predicted molar refractivity (Wildman–Crippen MR) is 56.1 cm³/mol. The zero-order valence-electron chi connectivity index (χ0n) is 7.61. The molecule has 0 amide bonds. The van der Waals surface area contributed by atoms with Gasteiger partial charge < -0.3 is 5.73 Å². The van der Waals surface area contributed by atoms with E-state index in [0.717, 1.165) is 12.8 Å². The van der Waals surface area contributed by atoms with Crippen LogP contribution in [0.15, 0.2) is 0 Å². The van der Waals surface area contributed by atoms with Gasteiger partial charge in [-0.2, -0.15) is 13.2 Å². The topological polar surface area (TPSA) is 43.1 Å². The summed E-state index contributed by atoms with van der Waals surface area (Å²) >= 11 is 2.05. The van der Waals surface area contributed by atoms with Crippen molar-refractivity contribution in [2.75, 3.05) is 0 Å². The minimum absolute atomic E-state index is 0.0471. The fourth-order valence-electron chi connectivity index (χ4n) is 0.943. The SMILES string of the molecule is NC(I)CCCCCC(=O)C(F)(F)F. The number of ketones is 1. The number of alkyl halides is 4. The van der Waals surface area contributed by atoms with Gasteiger partial charge in [-0.1, -0.05) is 35.4 Å². The van der Waals surface area contributed by atoms with E-state index in [9.17, 15) is 18.0 Å². The van der Waals surface area contributed by atoms with Crippen molar-refractivity contribution in [1.82, 2.24) is 0 Å². The molecule has 14 heavy (non-hydrogen) atoms. The average molecular weight is 323 g/mol. The highest BCUT2D eigenvalue weighted by Crippen LogP contribution is 2.19. The van der Waals surface area contributed by atoms with Crippen molar-refractivity contribution in [3.05, 3.63) is 0 Å². The van der Waals surface area contributed by atoms with Crippen LogP contribution in [-0.4, -0.2) is 16.0 Å². The van der Waals surface area contributed by atoms with Crippen LogP contribution >= 0.6 is 22.6 Å². The van der Waals surface area contributed by atoms with Gasteiger partial charge in [-0.3, -0.25) is 4.79 Å². The molecule has 0 aliphatic rings. The number of Topliss-reactive ketones (excluding diaryl/α,β-unsaturated/α-hetero) is 1. The van der Waals surface area contributed by atoms with E-state index in [1.54, 1.807) is 0 Å². The molecule has 0 radical (unpaired) electrons. The van der Waals surface area contributed by atoms with E-state index >= 15 is 0 Å². The Kier molecular flexibility index (Phi) is 6.67. The lowest BCUT2D eigenvalue weighted by molar-refractivity contribution is -0.171. The van der Waals surface area contributed by atoms with Gasteiger partial charge in [0.1, 0.15) is 0 Å². The van der Waals surface area contributed by atoms with Crippen molar-refractivity contribution >= 4 is 28.4 Å². The minimum atomic E-state index is -4.67. The molecule has 0 aromatic rings. The van der Waals surface area contributed by atoms with E-state index < -0.39 is 18.4 Å². The Labute approximate surface area is 94.6 Å². The Bertz CT molecular complexity index is 182. The van der Waals surface area contributed by atoms with E-state index in [2.05, 4.69) is 22.6 Å². The second-order valence-corrected chi connectivity index (χ2v) is 4.64. The third kappa shape index (κ3) is 7.54.